The molecule has 0 spiro atoms. The Balaban J connectivity index is 1.34. The molecule has 1 aromatic heterocycles. The first kappa shape index (κ1) is 18.0. The van der Waals surface area contributed by atoms with Gasteiger partial charge in [-0.3, -0.25) is 9.78 Å². The summed E-state index contributed by atoms with van der Waals surface area (Å²) in [5.41, 5.74) is 3.86. The highest BCUT2D eigenvalue weighted by Crippen LogP contribution is 2.37. The van der Waals surface area contributed by atoms with Gasteiger partial charge in [-0.1, -0.05) is 18.2 Å². The van der Waals surface area contributed by atoms with E-state index in [0.29, 0.717) is 24.4 Å². The van der Waals surface area contributed by atoms with E-state index in [-0.39, 0.29) is 6.10 Å². The summed E-state index contributed by atoms with van der Waals surface area (Å²) in [4.78, 5) is 19.2. The highest BCUT2D eigenvalue weighted by Gasteiger charge is 2.43. The van der Waals surface area contributed by atoms with Crippen molar-refractivity contribution < 1.29 is 9.53 Å². The van der Waals surface area contributed by atoms with Gasteiger partial charge in [-0.15, -0.1) is 0 Å². The van der Waals surface area contributed by atoms with Crippen molar-refractivity contribution in [2.45, 2.75) is 70.6 Å². The Morgan fingerprint density at radius 2 is 1.93 bits per heavy atom. The zero-order valence-corrected chi connectivity index (χ0v) is 16.2. The van der Waals surface area contributed by atoms with Crippen LogP contribution in [0.1, 0.15) is 48.8 Å². The van der Waals surface area contributed by atoms with Crippen LogP contribution in [0.5, 0.6) is 5.75 Å². The molecule has 0 N–H and O–H groups in total. The molecule has 1 amide bonds. The van der Waals surface area contributed by atoms with Crippen molar-refractivity contribution in [2.24, 2.45) is 0 Å². The van der Waals surface area contributed by atoms with Gasteiger partial charge in [0.25, 0.3) is 0 Å². The summed E-state index contributed by atoms with van der Waals surface area (Å²) < 4.78 is 6.12. The number of carbonyl (C=O) groups is 1. The third kappa shape index (κ3) is 4.00. The highest BCUT2D eigenvalue weighted by atomic mass is 16.5. The molecule has 2 fully saturated rings. The van der Waals surface area contributed by atoms with Crippen LogP contribution in [0.15, 0.2) is 42.7 Å². The fraction of sp³-hybridized carbons (Fsp3) is 0.478. The molecule has 2 aliphatic rings. The fourth-order valence-electron chi connectivity index (χ4n) is 4.58. The molecule has 2 bridgehead atoms. The van der Waals surface area contributed by atoms with Gasteiger partial charge in [-0.2, -0.15) is 0 Å². The Morgan fingerprint density at radius 1 is 1.15 bits per heavy atom. The van der Waals surface area contributed by atoms with E-state index in [1.54, 1.807) is 12.4 Å². The topological polar surface area (TPSA) is 42.4 Å². The molecule has 2 unspecified atom stereocenters. The zero-order valence-electron chi connectivity index (χ0n) is 16.2. The monoisotopic (exact) mass is 364 g/mol. The Hall–Kier alpha value is -2.36. The number of nitrogens with zero attached hydrogens (tertiary/aromatic N) is 2. The second-order valence-electron chi connectivity index (χ2n) is 8.00. The maximum Gasteiger partial charge on any atom is 0.223 e. The number of carbonyl (C=O) groups excluding carboxylic acids is 1. The summed E-state index contributed by atoms with van der Waals surface area (Å²) >= 11 is 0. The third-order valence-electron chi connectivity index (χ3n) is 6.11. The fourth-order valence-corrected chi connectivity index (χ4v) is 4.58. The molecule has 4 nitrogen and oxygen atoms in total. The number of aryl methyl sites for hydroxylation is 3. The first-order valence-electron chi connectivity index (χ1n) is 10.0. The first-order chi connectivity index (χ1) is 13.1. The first-order valence-corrected chi connectivity index (χ1v) is 10.0. The van der Waals surface area contributed by atoms with Crippen LogP contribution in [0.25, 0.3) is 0 Å². The lowest BCUT2D eigenvalue weighted by Crippen LogP contribution is -2.49. The van der Waals surface area contributed by atoms with Gasteiger partial charge in [0.1, 0.15) is 11.9 Å². The molecule has 2 aromatic rings. The zero-order chi connectivity index (χ0) is 18.8. The molecule has 142 valence electrons. The molecule has 4 heteroatoms. The predicted octanol–water partition coefficient (Wildman–Crippen LogP) is 4.23. The van der Waals surface area contributed by atoms with Gasteiger partial charge in [0, 0.05) is 37.5 Å². The second-order valence-corrected chi connectivity index (χ2v) is 8.00. The van der Waals surface area contributed by atoms with E-state index in [1.807, 2.05) is 12.1 Å². The average Bonchev–Trinajstić information content (AvgIpc) is 2.94. The quantitative estimate of drug-likeness (QED) is 0.797. The molecule has 27 heavy (non-hydrogen) atoms. The van der Waals surface area contributed by atoms with E-state index < -0.39 is 0 Å². The lowest BCUT2D eigenvalue weighted by molar-refractivity contribution is -0.137. The molecule has 2 atom stereocenters. The Morgan fingerprint density at radius 3 is 2.59 bits per heavy atom. The number of pyridine rings is 1. The van der Waals surface area contributed by atoms with Gasteiger partial charge >= 0.3 is 0 Å². The summed E-state index contributed by atoms with van der Waals surface area (Å²) in [6.45, 7) is 4.26. The maximum atomic E-state index is 12.9. The van der Waals surface area contributed by atoms with Crippen LogP contribution >= 0.6 is 0 Å². The maximum absolute atomic E-state index is 12.9. The van der Waals surface area contributed by atoms with Crippen molar-refractivity contribution in [1.82, 2.24) is 9.88 Å². The van der Waals surface area contributed by atoms with Gasteiger partial charge < -0.3 is 9.64 Å². The van der Waals surface area contributed by atoms with E-state index in [9.17, 15) is 4.79 Å². The van der Waals surface area contributed by atoms with Gasteiger partial charge in [0.05, 0.1) is 6.20 Å². The summed E-state index contributed by atoms with van der Waals surface area (Å²) in [6.07, 6.45) is 9.21. The minimum atomic E-state index is 0.190. The van der Waals surface area contributed by atoms with Crippen LogP contribution in [0.4, 0.5) is 0 Å². The van der Waals surface area contributed by atoms with Gasteiger partial charge in [-0.05, 0) is 61.9 Å². The predicted molar refractivity (Wildman–Crippen MR) is 106 cm³/mol. The number of aromatic nitrogens is 1. The number of amides is 1. The molecule has 0 saturated carbocycles. The standard InChI is InChI=1S/C23H28N2O2/c1-16-5-6-18(12-17(16)2)7-10-23(26)25-19-8-9-20(25)14-22(13-19)27-21-4-3-11-24-15-21/h3-6,11-12,15,19-20,22H,7-10,13-14H2,1-2H3. The Labute approximate surface area is 161 Å². The van der Waals surface area contributed by atoms with E-state index >= 15 is 0 Å². The molecule has 4 rings (SSSR count). The normalized spacial score (nSPS) is 24.1. The van der Waals surface area contributed by atoms with Crippen LogP contribution in [0, 0.1) is 13.8 Å². The number of piperidine rings is 1. The highest BCUT2D eigenvalue weighted by molar-refractivity contribution is 5.77. The molecule has 3 heterocycles. The van der Waals surface area contributed by atoms with E-state index in [0.717, 1.165) is 37.9 Å². The lowest BCUT2D eigenvalue weighted by atomic mass is 9.98. The summed E-state index contributed by atoms with van der Waals surface area (Å²) in [5.74, 6) is 1.14. The van der Waals surface area contributed by atoms with E-state index in [4.69, 9.17) is 4.74 Å². The largest absolute Gasteiger partial charge is 0.489 e. The third-order valence-corrected chi connectivity index (χ3v) is 6.11. The minimum Gasteiger partial charge on any atom is -0.489 e. The van der Waals surface area contributed by atoms with Crippen molar-refractivity contribution in [3.8, 4) is 5.75 Å². The van der Waals surface area contributed by atoms with Crippen molar-refractivity contribution in [2.75, 3.05) is 0 Å². The smallest absolute Gasteiger partial charge is 0.223 e. The number of ether oxygens (including phenoxy) is 1. The molecule has 0 radical (unpaired) electrons. The molecule has 1 aromatic carbocycles. The van der Waals surface area contributed by atoms with Crippen molar-refractivity contribution >= 4 is 5.91 Å². The van der Waals surface area contributed by atoms with Crippen LogP contribution in [0.2, 0.25) is 0 Å². The van der Waals surface area contributed by atoms with Gasteiger partial charge in [0.2, 0.25) is 5.91 Å². The van der Waals surface area contributed by atoms with Crippen LogP contribution in [0.3, 0.4) is 0 Å². The van der Waals surface area contributed by atoms with Gasteiger partial charge in [-0.25, -0.2) is 0 Å². The summed E-state index contributed by atoms with van der Waals surface area (Å²) in [6, 6.07) is 11.0. The van der Waals surface area contributed by atoms with Crippen LogP contribution in [-0.4, -0.2) is 34.0 Å². The Kier molecular flexibility index (Phi) is 5.15. The molecular formula is C23H28N2O2. The average molecular weight is 364 g/mol. The lowest BCUT2D eigenvalue weighted by Gasteiger charge is -2.39. The van der Waals surface area contributed by atoms with Crippen molar-refractivity contribution in [3.05, 3.63) is 59.4 Å². The van der Waals surface area contributed by atoms with Gasteiger partial charge in [0.15, 0.2) is 0 Å². The number of benzene rings is 1. The number of hydrogen-bond acceptors (Lipinski definition) is 3. The van der Waals surface area contributed by atoms with Crippen LogP contribution in [-0.2, 0) is 11.2 Å². The summed E-state index contributed by atoms with van der Waals surface area (Å²) in [5, 5.41) is 0. The molecular weight excluding hydrogens is 336 g/mol. The van der Waals surface area contributed by atoms with E-state index in [1.165, 1.54) is 16.7 Å². The molecule has 0 aliphatic carbocycles. The molecule has 2 aliphatic heterocycles. The van der Waals surface area contributed by atoms with Crippen molar-refractivity contribution in [3.63, 3.8) is 0 Å². The number of fused-ring (bicyclic) bond motifs is 2. The van der Waals surface area contributed by atoms with Crippen molar-refractivity contribution in [1.29, 1.82) is 0 Å². The SMILES string of the molecule is Cc1ccc(CCC(=O)N2C3CCC2CC(Oc2cccnc2)C3)cc1C. The summed E-state index contributed by atoms with van der Waals surface area (Å²) in [7, 11) is 0. The second kappa shape index (κ2) is 7.71. The Bertz CT molecular complexity index is 791. The molecule has 2 saturated heterocycles. The van der Waals surface area contributed by atoms with Crippen LogP contribution < -0.4 is 4.74 Å². The minimum absolute atomic E-state index is 0.190. The van der Waals surface area contributed by atoms with E-state index in [2.05, 4.69) is 41.9 Å². The number of rotatable bonds is 5. The number of hydrogen-bond donors (Lipinski definition) is 0.